The van der Waals surface area contributed by atoms with Crippen LogP contribution in [0.1, 0.15) is 25.3 Å². The largest absolute Gasteiger partial charge is 0.352 e. The molecule has 0 bridgehead atoms. The van der Waals surface area contributed by atoms with Crippen molar-refractivity contribution in [3.05, 3.63) is 63.4 Å². The Morgan fingerprint density at radius 3 is 2.65 bits per heavy atom. The Labute approximate surface area is 186 Å². The highest BCUT2D eigenvalue weighted by Gasteiger charge is 2.24. The maximum absolute atomic E-state index is 13.0. The second kappa shape index (κ2) is 8.98. The van der Waals surface area contributed by atoms with E-state index in [1.54, 1.807) is 10.6 Å². The average molecular weight is 440 g/mol. The minimum Gasteiger partial charge on any atom is -0.352 e. The van der Waals surface area contributed by atoms with Gasteiger partial charge in [-0.25, -0.2) is 9.78 Å². The minimum atomic E-state index is -0.254. The van der Waals surface area contributed by atoms with Crippen LogP contribution in [0.5, 0.6) is 0 Å². The summed E-state index contributed by atoms with van der Waals surface area (Å²) in [5, 5.41) is 6.46. The van der Waals surface area contributed by atoms with Gasteiger partial charge in [-0.05, 0) is 56.5 Å². The van der Waals surface area contributed by atoms with Crippen molar-refractivity contribution in [2.45, 2.75) is 39.3 Å². The number of fused-ring (bicyclic) bond motifs is 1. The summed E-state index contributed by atoms with van der Waals surface area (Å²) in [5.41, 5.74) is 3.22. The van der Waals surface area contributed by atoms with E-state index in [1.165, 1.54) is 0 Å². The first kappa shape index (κ1) is 21.2. The van der Waals surface area contributed by atoms with Crippen LogP contribution in [0.25, 0.3) is 11.0 Å². The molecule has 1 aliphatic rings. The molecule has 2 aromatic carbocycles. The third-order valence-corrected chi connectivity index (χ3v) is 6.12. The van der Waals surface area contributed by atoms with E-state index in [1.807, 2.05) is 55.1 Å². The molecule has 0 atom stereocenters. The van der Waals surface area contributed by atoms with E-state index in [9.17, 15) is 9.59 Å². The maximum atomic E-state index is 13.0. The number of hydrogen-bond donors (Lipinski definition) is 2. The first-order chi connectivity index (χ1) is 15.0. The molecular formula is C23H26ClN5O2. The Bertz CT molecular complexity index is 1170. The molecule has 1 aromatic heterocycles. The third kappa shape index (κ3) is 4.51. The van der Waals surface area contributed by atoms with Crippen LogP contribution in [-0.4, -0.2) is 34.7 Å². The lowest BCUT2D eigenvalue weighted by Gasteiger charge is -2.33. The third-order valence-electron chi connectivity index (χ3n) is 5.71. The lowest BCUT2D eigenvalue weighted by atomic mass is 10.1. The fourth-order valence-corrected chi connectivity index (χ4v) is 4.14. The average Bonchev–Trinajstić information content (AvgIpc) is 2.76. The molecule has 162 valence electrons. The lowest BCUT2D eigenvalue weighted by molar-refractivity contribution is 0.246. The maximum Gasteiger partial charge on any atom is 0.319 e. The molecule has 4 rings (SSSR count). The lowest BCUT2D eigenvalue weighted by Crippen LogP contribution is -2.47. The number of halogens is 1. The predicted molar refractivity (Wildman–Crippen MR) is 125 cm³/mol. The molecule has 0 radical (unpaired) electrons. The molecule has 1 aliphatic heterocycles. The number of carbonyl (C=O) groups is 1. The Morgan fingerprint density at radius 2 is 1.94 bits per heavy atom. The van der Waals surface area contributed by atoms with Crippen molar-refractivity contribution in [3.8, 4) is 0 Å². The number of amides is 2. The van der Waals surface area contributed by atoms with E-state index in [-0.39, 0.29) is 17.6 Å². The highest BCUT2D eigenvalue weighted by molar-refractivity contribution is 6.31. The minimum absolute atomic E-state index is 0.0334. The molecule has 2 heterocycles. The standard InChI is InChI=1S/C23H26ClN5O2/c1-3-29-20-7-5-4-6-19(20)27-21(22(29)30)28-12-10-16(11-13-28)25-23(31)26-17-9-8-15(2)18(24)14-17/h4-9,14,16H,3,10-13H2,1-2H3,(H2,25,26,31). The molecule has 0 saturated carbocycles. The summed E-state index contributed by atoms with van der Waals surface area (Å²) in [6.45, 7) is 5.79. The molecule has 2 N–H and O–H groups in total. The van der Waals surface area contributed by atoms with Gasteiger partial charge in [-0.2, -0.15) is 0 Å². The zero-order valence-electron chi connectivity index (χ0n) is 17.7. The number of rotatable bonds is 4. The van der Waals surface area contributed by atoms with Crippen molar-refractivity contribution in [2.75, 3.05) is 23.3 Å². The van der Waals surface area contributed by atoms with Gasteiger partial charge in [0.15, 0.2) is 5.82 Å². The van der Waals surface area contributed by atoms with Crippen LogP contribution in [-0.2, 0) is 6.54 Å². The number of para-hydroxylation sites is 2. The van der Waals surface area contributed by atoms with Gasteiger partial charge < -0.3 is 20.1 Å². The van der Waals surface area contributed by atoms with Crippen molar-refractivity contribution < 1.29 is 4.79 Å². The number of anilines is 2. The molecule has 31 heavy (non-hydrogen) atoms. The van der Waals surface area contributed by atoms with E-state index >= 15 is 0 Å². The topological polar surface area (TPSA) is 79.3 Å². The van der Waals surface area contributed by atoms with Crippen molar-refractivity contribution in [2.24, 2.45) is 0 Å². The van der Waals surface area contributed by atoms with Crippen LogP contribution in [0.3, 0.4) is 0 Å². The number of nitrogens with one attached hydrogen (secondary N) is 2. The van der Waals surface area contributed by atoms with E-state index in [2.05, 4.69) is 15.6 Å². The van der Waals surface area contributed by atoms with Crippen LogP contribution in [0.4, 0.5) is 16.3 Å². The van der Waals surface area contributed by atoms with Gasteiger partial charge >= 0.3 is 6.03 Å². The van der Waals surface area contributed by atoms with Crippen LogP contribution in [0.15, 0.2) is 47.3 Å². The first-order valence-electron chi connectivity index (χ1n) is 10.5. The Balaban J connectivity index is 1.41. The monoisotopic (exact) mass is 439 g/mol. The number of urea groups is 1. The molecule has 1 saturated heterocycles. The highest BCUT2D eigenvalue weighted by atomic mass is 35.5. The van der Waals surface area contributed by atoms with Gasteiger partial charge in [0.1, 0.15) is 0 Å². The summed E-state index contributed by atoms with van der Waals surface area (Å²) in [6, 6.07) is 12.9. The zero-order valence-corrected chi connectivity index (χ0v) is 18.4. The molecule has 7 nitrogen and oxygen atoms in total. The van der Waals surface area contributed by atoms with Crippen LogP contribution in [0, 0.1) is 6.92 Å². The Morgan fingerprint density at radius 1 is 1.19 bits per heavy atom. The van der Waals surface area contributed by atoms with Gasteiger partial charge in [0, 0.05) is 36.4 Å². The van der Waals surface area contributed by atoms with E-state index in [0.717, 1.165) is 29.4 Å². The van der Waals surface area contributed by atoms with E-state index < -0.39 is 0 Å². The van der Waals surface area contributed by atoms with E-state index in [4.69, 9.17) is 11.6 Å². The molecule has 3 aromatic rings. The normalized spacial score (nSPS) is 14.6. The van der Waals surface area contributed by atoms with Gasteiger partial charge in [0.2, 0.25) is 0 Å². The number of nitrogens with zero attached hydrogens (tertiary/aromatic N) is 3. The summed E-state index contributed by atoms with van der Waals surface area (Å²) in [4.78, 5) is 32.0. The summed E-state index contributed by atoms with van der Waals surface area (Å²) < 4.78 is 1.77. The van der Waals surface area contributed by atoms with Crippen molar-refractivity contribution in [3.63, 3.8) is 0 Å². The molecule has 2 amide bonds. The molecule has 0 spiro atoms. The second-order valence-corrected chi connectivity index (χ2v) is 8.20. The predicted octanol–water partition coefficient (Wildman–Crippen LogP) is 4.17. The summed E-state index contributed by atoms with van der Waals surface area (Å²) in [7, 11) is 0. The fourth-order valence-electron chi connectivity index (χ4n) is 3.96. The van der Waals surface area contributed by atoms with Gasteiger partial charge in [-0.3, -0.25) is 4.79 Å². The number of benzene rings is 2. The van der Waals surface area contributed by atoms with Crippen molar-refractivity contribution in [1.29, 1.82) is 0 Å². The first-order valence-corrected chi connectivity index (χ1v) is 10.9. The molecule has 8 heteroatoms. The highest BCUT2D eigenvalue weighted by Crippen LogP contribution is 2.21. The molecule has 0 unspecified atom stereocenters. The van der Waals surface area contributed by atoms with Gasteiger partial charge in [-0.15, -0.1) is 0 Å². The Kier molecular flexibility index (Phi) is 6.13. The molecule has 1 fully saturated rings. The molecular weight excluding hydrogens is 414 g/mol. The number of aryl methyl sites for hydroxylation is 2. The van der Waals surface area contributed by atoms with Crippen LogP contribution < -0.4 is 21.1 Å². The second-order valence-electron chi connectivity index (χ2n) is 7.80. The quantitative estimate of drug-likeness (QED) is 0.639. The van der Waals surface area contributed by atoms with Crippen LogP contribution in [0.2, 0.25) is 5.02 Å². The summed E-state index contributed by atoms with van der Waals surface area (Å²) >= 11 is 6.12. The van der Waals surface area contributed by atoms with Crippen molar-refractivity contribution in [1.82, 2.24) is 14.9 Å². The van der Waals surface area contributed by atoms with Gasteiger partial charge in [0.25, 0.3) is 5.56 Å². The fraction of sp³-hybridized carbons (Fsp3) is 0.348. The van der Waals surface area contributed by atoms with Gasteiger partial charge in [0.05, 0.1) is 11.0 Å². The number of aromatic nitrogens is 2. The smallest absolute Gasteiger partial charge is 0.319 e. The number of carbonyl (C=O) groups excluding carboxylic acids is 1. The molecule has 0 aliphatic carbocycles. The van der Waals surface area contributed by atoms with Crippen LogP contribution >= 0.6 is 11.6 Å². The zero-order chi connectivity index (χ0) is 22.0. The Hall–Kier alpha value is -3.06. The summed E-state index contributed by atoms with van der Waals surface area (Å²) in [5.74, 6) is 0.484. The van der Waals surface area contributed by atoms with Gasteiger partial charge in [-0.1, -0.05) is 29.8 Å². The van der Waals surface area contributed by atoms with E-state index in [0.29, 0.717) is 36.2 Å². The summed E-state index contributed by atoms with van der Waals surface area (Å²) in [6.07, 6.45) is 1.48. The SMILES string of the molecule is CCn1c(=O)c(N2CCC(NC(=O)Nc3ccc(C)c(Cl)c3)CC2)nc2ccccc21. The number of hydrogen-bond acceptors (Lipinski definition) is 4. The van der Waals surface area contributed by atoms with Crippen molar-refractivity contribution >= 4 is 40.2 Å². The number of piperidine rings is 1.